The van der Waals surface area contributed by atoms with Gasteiger partial charge in [0, 0.05) is 24.1 Å². The van der Waals surface area contributed by atoms with Crippen molar-refractivity contribution in [3.8, 4) is 11.3 Å². The summed E-state index contributed by atoms with van der Waals surface area (Å²) in [5, 5.41) is 3.03. The number of ether oxygens (including phenoxy) is 1. The molecule has 0 aliphatic carbocycles. The van der Waals surface area contributed by atoms with Crippen LogP contribution in [0.3, 0.4) is 0 Å². The molecule has 1 aromatic carbocycles. The third kappa shape index (κ3) is 7.60. The number of unbranched alkanes of at least 4 members (excludes halogenated alkanes) is 3. The molecule has 2 rings (SSSR count). The van der Waals surface area contributed by atoms with Gasteiger partial charge in [-0.2, -0.15) is 0 Å². The lowest BCUT2D eigenvalue weighted by Crippen LogP contribution is -2.28. The molecule has 29 heavy (non-hydrogen) atoms. The predicted molar refractivity (Wildman–Crippen MR) is 115 cm³/mol. The van der Waals surface area contributed by atoms with Crippen LogP contribution in [0.2, 0.25) is 0 Å². The summed E-state index contributed by atoms with van der Waals surface area (Å²) >= 11 is 0. The molecule has 156 valence electrons. The van der Waals surface area contributed by atoms with Crippen molar-refractivity contribution in [3.63, 3.8) is 0 Å². The first-order chi connectivity index (χ1) is 14.0. The minimum absolute atomic E-state index is 0.0317. The first kappa shape index (κ1) is 22.5. The maximum absolute atomic E-state index is 12.3. The molecule has 1 N–H and O–H groups in total. The quantitative estimate of drug-likeness (QED) is 0.315. The standard InChI is InChI=1S/C24H31NO4/c1-4-5-6-7-9-18(2)24(27)25-17-19-10-8-11-20(16-19)22-14-12-21(29-22)13-15-23(26)28-3/h8,10-16,18H,4-7,9,17H2,1-3H3,(H,25,27). The van der Waals surface area contributed by atoms with Crippen LogP contribution in [0.25, 0.3) is 17.4 Å². The Morgan fingerprint density at radius 2 is 2.00 bits per heavy atom. The molecule has 1 unspecified atom stereocenters. The van der Waals surface area contributed by atoms with Crippen molar-refractivity contribution < 1.29 is 18.7 Å². The number of benzene rings is 1. The summed E-state index contributed by atoms with van der Waals surface area (Å²) in [5.74, 6) is 0.970. The molecule has 0 radical (unpaired) electrons. The number of methoxy groups -OCH3 is 1. The lowest BCUT2D eigenvalue weighted by Gasteiger charge is -2.12. The molecule has 1 amide bonds. The zero-order valence-electron chi connectivity index (χ0n) is 17.6. The van der Waals surface area contributed by atoms with Crippen molar-refractivity contribution in [2.75, 3.05) is 7.11 Å². The molecule has 0 bridgehead atoms. The van der Waals surface area contributed by atoms with E-state index in [0.29, 0.717) is 18.1 Å². The van der Waals surface area contributed by atoms with Crippen LogP contribution >= 0.6 is 0 Å². The molecule has 0 fully saturated rings. The molecular weight excluding hydrogens is 366 g/mol. The highest BCUT2D eigenvalue weighted by Gasteiger charge is 2.12. The van der Waals surface area contributed by atoms with Crippen molar-refractivity contribution in [1.29, 1.82) is 0 Å². The second-order valence-electron chi connectivity index (χ2n) is 7.23. The average molecular weight is 398 g/mol. The third-order valence-corrected chi connectivity index (χ3v) is 4.83. The van der Waals surface area contributed by atoms with Gasteiger partial charge in [0.25, 0.3) is 0 Å². The number of hydrogen-bond donors (Lipinski definition) is 1. The first-order valence-corrected chi connectivity index (χ1v) is 10.3. The number of carbonyl (C=O) groups is 2. The molecule has 0 aliphatic heterocycles. The van der Waals surface area contributed by atoms with Gasteiger partial charge in [-0.25, -0.2) is 4.79 Å². The summed E-state index contributed by atoms with van der Waals surface area (Å²) < 4.78 is 10.3. The number of carbonyl (C=O) groups excluding carboxylic acids is 2. The zero-order chi connectivity index (χ0) is 21.1. The van der Waals surface area contributed by atoms with Crippen LogP contribution in [-0.4, -0.2) is 19.0 Å². The number of nitrogens with one attached hydrogen (secondary N) is 1. The molecule has 1 atom stereocenters. The van der Waals surface area contributed by atoms with Gasteiger partial charge in [0.2, 0.25) is 5.91 Å². The zero-order valence-corrected chi connectivity index (χ0v) is 17.6. The van der Waals surface area contributed by atoms with Crippen molar-refractivity contribution in [2.24, 2.45) is 5.92 Å². The fourth-order valence-electron chi connectivity index (χ4n) is 3.02. The second-order valence-corrected chi connectivity index (χ2v) is 7.23. The van der Waals surface area contributed by atoms with Gasteiger partial charge in [-0.1, -0.05) is 57.7 Å². The molecule has 2 aromatic rings. The molecule has 0 aliphatic rings. The summed E-state index contributed by atoms with van der Waals surface area (Å²) in [5.41, 5.74) is 1.93. The number of rotatable bonds is 11. The van der Waals surface area contributed by atoms with Crippen LogP contribution in [0.15, 0.2) is 46.9 Å². The summed E-state index contributed by atoms with van der Waals surface area (Å²) in [4.78, 5) is 23.5. The van der Waals surface area contributed by atoms with Crippen LogP contribution in [-0.2, 0) is 20.9 Å². The van der Waals surface area contributed by atoms with E-state index in [-0.39, 0.29) is 11.8 Å². The van der Waals surface area contributed by atoms with E-state index in [1.54, 1.807) is 12.1 Å². The van der Waals surface area contributed by atoms with E-state index in [1.807, 2.05) is 37.3 Å². The minimum atomic E-state index is -0.430. The Kier molecular flexibility index (Phi) is 9.22. The van der Waals surface area contributed by atoms with Crippen LogP contribution in [0.1, 0.15) is 57.3 Å². The summed E-state index contributed by atoms with van der Waals surface area (Å²) in [6.07, 6.45) is 8.54. The van der Waals surface area contributed by atoms with Gasteiger partial charge in [0.1, 0.15) is 11.5 Å². The summed E-state index contributed by atoms with van der Waals surface area (Å²) in [6.45, 7) is 4.67. The molecule has 1 heterocycles. The van der Waals surface area contributed by atoms with Gasteiger partial charge in [-0.3, -0.25) is 4.79 Å². The lowest BCUT2D eigenvalue weighted by atomic mass is 10.0. The highest BCUT2D eigenvalue weighted by molar-refractivity contribution is 5.86. The van der Waals surface area contributed by atoms with Crippen molar-refractivity contribution >= 4 is 18.0 Å². The Morgan fingerprint density at radius 1 is 1.17 bits per heavy atom. The largest absolute Gasteiger partial charge is 0.466 e. The topological polar surface area (TPSA) is 68.5 Å². The van der Waals surface area contributed by atoms with Crippen LogP contribution in [0.5, 0.6) is 0 Å². The van der Waals surface area contributed by atoms with E-state index in [0.717, 1.165) is 24.0 Å². The highest BCUT2D eigenvalue weighted by Crippen LogP contribution is 2.24. The van der Waals surface area contributed by atoms with Crippen LogP contribution in [0.4, 0.5) is 0 Å². The fourth-order valence-corrected chi connectivity index (χ4v) is 3.02. The second kappa shape index (κ2) is 11.9. The summed E-state index contributed by atoms with van der Waals surface area (Å²) in [7, 11) is 1.33. The fraction of sp³-hybridized carbons (Fsp3) is 0.417. The highest BCUT2D eigenvalue weighted by atomic mass is 16.5. The van der Waals surface area contributed by atoms with Gasteiger partial charge in [-0.05, 0) is 36.3 Å². The first-order valence-electron chi connectivity index (χ1n) is 10.3. The van der Waals surface area contributed by atoms with E-state index >= 15 is 0 Å². The van der Waals surface area contributed by atoms with E-state index in [1.165, 1.54) is 32.4 Å². The maximum Gasteiger partial charge on any atom is 0.330 e. The van der Waals surface area contributed by atoms with Gasteiger partial charge in [0.15, 0.2) is 0 Å². The number of esters is 1. The Hall–Kier alpha value is -2.82. The smallest absolute Gasteiger partial charge is 0.330 e. The van der Waals surface area contributed by atoms with Gasteiger partial charge < -0.3 is 14.5 Å². The number of hydrogen-bond acceptors (Lipinski definition) is 4. The molecule has 0 saturated heterocycles. The molecule has 0 spiro atoms. The third-order valence-electron chi connectivity index (χ3n) is 4.83. The van der Waals surface area contributed by atoms with Crippen LogP contribution < -0.4 is 5.32 Å². The Balaban J connectivity index is 1.91. The maximum atomic E-state index is 12.3. The van der Waals surface area contributed by atoms with Crippen LogP contribution in [0, 0.1) is 5.92 Å². The average Bonchev–Trinajstić information content (AvgIpc) is 3.22. The van der Waals surface area contributed by atoms with Crippen molar-refractivity contribution in [3.05, 3.63) is 53.8 Å². The molecular formula is C24H31NO4. The predicted octanol–water partition coefficient (Wildman–Crippen LogP) is 5.36. The van der Waals surface area contributed by atoms with E-state index in [2.05, 4.69) is 17.0 Å². The van der Waals surface area contributed by atoms with Crippen molar-refractivity contribution in [2.45, 2.75) is 52.5 Å². The molecule has 5 nitrogen and oxygen atoms in total. The van der Waals surface area contributed by atoms with E-state index in [9.17, 15) is 9.59 Å². The summed E-state index contributed by atoms with van der Waals surface area (Å²) in [6, 6.07) is 11.5. The van der Waals surface area contributed by atoms with Crippen molar-refractivity contribution in [1.82, 2.24) is 5.32 Å². The Labute approximate surface area is 173 Å². The van der Waals surface area contributed by atoms with Gasteiger partial charge in [-0.15, -0.1) is 0 Å². The lowest BCUT2D eigenvalue weighted by molar-refractivity contribution is -0.134. The number of amides is 1. The van der Waals surface area contributed by atoms with E-state index < -0.39 is 5.97 Å². The Morgan fingerprint density at radius 3 is 2.76 bits per heavy atom. The molecule has 1 aromatic heterocycles. The Bertz CT molecular complexity index is 822. The normalized spacial score (nSPS) is 12.1. The molecule has 0 saturated carbocycles. The number of furan rings is 1. The van der Waals surface area contributed by atoms with E-state index in [4.69, 9.17) is 4.42 Å². The minimum Gasteiger partial charge on any atom is -0.466 e. The SMILES string of the molecule is CCCCCCC(C)C(=O)NCc1cccc(-c2ccc(C=CC(=O)OC)o2)c1. The van der Waals surface area contributed by atoms with Gasteiger partial charge >= 0.3 is 5.97 Å². The molecule has 5 heteroatoms. The van der Waals surface area contributed by atoms with Gasteiger partial charge in [0.05, 0.1) is 7.11 Å². The monoisotopic (exact) mass is 397 g/mol.